The standard InChI is InChI=1S/C26H21N7O/c1-15-4-5-19(33-25(34)22-9-18(6-7-30-22)26(2,3)14-28)10-20(15)16-8-17-13-32-24(29)21(11-27)23(17)31-12-16/h4-10,12-13H,1-3H3,(H2,29,32)(H,33,34). The van der Waals surface area contributed by atoms with Crippen LogP contribution in [0, 0.1) is 29.6 Å². The van der Waals surface area contributed by atoms with Crippen molar-refractivity contribution in [2.75, 3.05) is 11.1 Å². The molecule has 166 valence electrons. The molecule has 4 rings (SSSR count). The number of hydrogen-bond acceptors (Lipinski definition) is 7. The van der Waals surface area contributed by atoms with Gasteiger partial charge in [-0.15, -0.1) is 0 Å². The number of carbonyl (C=O) groups is 1. The number of aryl methyl sites for hydroxylation is 1. The minimum absolute atomic E-state index is 0.145. The molecule has 0 aliphatic carbocycles. The Labute approximate surface area is 196 Å². The lowest BCUT2D eigenvalue weighted by Crippen LogP contribution is -2.18. The van der Waals surface area contributed by atoms with Gasteiger partial charge in [-0.05, 0) is 67.8 Å². The van der Waals surface area contributed by atoms with E-state index in [1.807, 2.05) is 31.2 Å². The third kappa shape index (κ3) is 4.13. The largest absolute Gasteiger partial charge is 0.383 e. The van der Waals surface area contributed by atoms with Crippen molar-refractivity contribution in [2.45, 2.75) is 26.2 Å². The Balaban J connectivity index is 1.67. The first-order chi connectivity index (χ1) is 16.2. The molecular formula is C26H21N7O. The smallest absolute Gasteiger partial charge is 0.274 e. The summed E-state index contributed by atoms with van der Waals surface area (Å²) in [6.45, 7) is 5.54. The maximum atomic E-state index is 12.9. The summed E-state index contributed by atoms with van der Waals surface area (Å²) in [4.78, 5) is 25.6. The Kier molecular flexibility index (Phi) is 5.66. The highest BCUT2D eigenvalue weighted by molar-refractivity contribution is 6.03. The second-order valence-electron chi connectivity index (χ2n) is 8.44. The number of nitrogens with two attached hydrogens (primary N) is 1. The minimum Gasteiger partial charge on any atom is -0.383 e. The fourth-order valence-corrected chi connectivity index (χ4v) is 3.59. The molecule has 0 unspecified atom stereocenters. The SMILES string of the molecule is Cc1ccc(NC(=O)c2cc(C(C)(C)C#N)ccn2)cc1-c1cnc2c(C#N)c(N)ncc2c1. The summed E-state index contributed by atoms with van der Waals surface area (Å²) >= 11 is 0. The number of fused-ring (bicyclic) bond motifs is 1. The molecule has 0 aliphatic heterocycles. The van der Waals surface area contributed by atoms with E-state index in [1.54, 1.807) is 38.4 Å². The average molecular weight is 448 g/mol. The predicted molar refractivity (Wildman–Crippen MR) is 130 cm³/mol. The summed E-state index contributed by atoms with van der Waals surface area (Å²) in [5, 5.41) is 22.3. The Hall–Kier alpha value is -4.82. The van der Waals surface area contributed by atoms with Gasteiger partial charge in [-0.2, -0.15) is 10.5 Å². The van der Waals surface area contributed by atoms with Crippen LogP contribution in [0.1, 0.15) is 41.0 Å². The fraction of sp³-hybridized carbons (Fsp3) is 0.154. The fourth-order valence-electron chi connectivity index (χ4n) is 3.59. The number of aromatic nitrogens is 3. The maximum Gasteiger partial charge on any atom is 0.274 e. The summed E-state index contributed by atoms with van der Waals surface area (Å²) < 4.78 is 0. The van der Waals surface area contributed by atoms with Crippen molar-refractivity contribution in [1.29, 1.82) is 10.5 Å². The van der Waals surface area contributed by atoms with Crippen LogP contribution in [0.4, 0.5) is 11.5 Å². The van der Waals surface area contributed by atoms with Crippen LogP contribution >= 0.6 is 0 Å². The van der Waals surface area contributed by atoms with Crippen molar-refractivity contribution in [3.05, 3.63) is 77.4 Å². The molecule has 0 saturated carbocycles. The summed E-state index contributed by atoms with van der Waals surface area (Å²) in [6.07, 6.45) is 4.79. The zero-order valence-electron chi connectivity index (χ0n) is 18.9. The Bertz CT molecular complexity index is 1530. The number of anilines is 2. The van der Waals surface area contributed by atoms with Gasteiger partial charge in [0.05, 0.1) is 17.0 Å². The molecule has 3 aromatic heterocycles. The molecule has 0 radical (unpaired) electrons. The topological polar surface area (TPSA) is 141 Å². The molecule has 1 amide bonds. The van der Waals surface area contributed by atoms with Crippen molar-refractivity contribution >= 4 is 28.3 Å². The number of hydrogen-bond donors (Lipinski definition) is 2. The molecule has 8 heteroatoms. The van der Waals surface area contributed by atoms with E-state index in [2.05, 4.69) is 32.4 Å². The number of rotatable bonds is 4. The molecule has 3 N–H and O–H groups in total. The zero-order valence-corrected chi connectivity index (χ0v) is 18.9. The van der Waals surface area contributed by atoms with E-state index in [-0.39, 0.29) is 23.0 Å². The zero-order chi connectivity index (χ0) is 24.5. The number of carbonyl (C=O) groups excluding carboxylic acids is 1. The summed E-state index contributed by atoms with van der Waals surface area (Å²) in [6, 6.07) is 15.1. The van der Waals surface area contributed by atoms with Gasteiger partial charge in [0.1, 0.15) is 23.1 Å². The quantitative estimate of drug-likeness (QED) is 0.469. The Morgan fingerprint density at radius 2 is 1.85 bits per heavy atom. The number of amides is 1. The first-order valence-electron chi connectivity index (χ1n) is 10.5. The number of nitriles is 2. The van der Waals surface area contributed by atoms with E-state index in [9.17, 15) is 15.3 Å². The van der Waals surface area contributed by atoms with Crippen LogP contribution in [-0.2, 0) is 5.41 Å². The van der Waals surface area contributed by atoms with Crippen molar-refractivity contribution in [2.24, 2.45) is 0 Å². The third-order valence-electron chi connectivity index (χ3n) is 5.66. The van der Waals surface area contributed by atoms with Crippen molar-refractivity contribution in [3.63, 3.8) is 0 Å². The molecule has 1 aromatic carbocycles. The molecule has 3 heterocycles. The lowest BCUT2D eigenvalue weighted by Gasteiger charge is -2.16. The van der Waals surface area contributed by atoms with Crippen molar-refractivity contribution < 1.29 is 4.79 Å². The second-order valence-corrected chi connectivity index (χ2v) is 8.44. The third-order valence-corrected chi connectivity index (χ3v) is 5.66. The maximum absolute atomic E-state index is 12.9. The van der Waals surface area contributed by atoms with Gasteiger partial charge in [0.2, 0.25) is 0 Å². The van der Waals surface area contributed by atoms with Gasteiger partial charge in [0.15, 0.2) is 0 Å². The Morgan fingerprint density at radius 1 is 1.06 bits per heavy atom. The van der Waals surface area contributed by atoms with Gasteiger partial charge in [-0.1, -0.05) is 6.07 Å². The molecule has 0 saturated heterocycles. The molecular weight excluding hydrogens is 426 g/mol. The highest BCUT2D eigenvalue weighted by atomic mass is 16.1. The van der Waals surface area contributed by atoms with Crippen LogP contribution in [0.15, 0.2) is 55.0 Å². The van der Waals surface area contributed by atoms with E-state index in [1.165, 1.54) is 6.20 Å². The minimum atomic E-state index is -0.733. The molecule has 0 aliphatic rings. The summed E-state index contributed by atoms with van der Waals surface area (Å²) in [7, 11) is 0. The van der Waals surface area contributed by atoms with Gasteiger partial charge in [0.25, 0.3) is 5.91 Å². The molecule has 4 aromatic rings. The van der Waals surface area contributed by atoms with Gasteiger partial charge >= 0.3 is 0 Å². The molecule has 0 bridgehead atoms. The number of pyridine rings is 3. The normalized spacial score (nSPS) is 11.0. The second kappa shape index (κ2) is 8.61. The highest BCUT2D eigenvalue weighted by Crippen LogP contribution is 2.30. The van der Waals surface area contributed by atoms with E-state index >= 15 is 0 Å². The van der Waals surface area contributed by atoms with Gasteiger partial charge in [0, 0.05) is 35.2 Å². The van der Waals surface area contributed by atoms with Crippen LogP contribution in [0.25, 0.3) is 22.0 Å². The molecule has 8 nitrogen and oxygen atoms in total. The number of nitrogen functional groups attached to an aromatic ring is 1. The molecule has 0 fully saturated rings. The highest BCUT2D eigenvalue weighted by Gasteiger charge is 2.21. The Morgan fingerprint density at radius 3 is 2.59 bits per heavy atom. The van der Waals surface area contributed by atoms with Gasteiger partial charge in [-0.3, -0.25) is 14.8 Å². The van der Waals surface area contributed by atoms with Crippen LogP contribution in [0.3, 0.4) is 0 Å². The number of nitrogens with one attached hydrogen (secondary N) is 1. The van der Waals surface area contributed by atoms with Crippen LogP contribution in [0.5, 0.6) is 0 Å². The monoisotopic (exact) mass is 447 g/mol. The van der Waals surface area contributed by atoms with Gasteiger partial charge in [-0.25, -0.2) is 4.98 Å². The van der Waals surface area contributed by atoms with Crippen molar-refractivity contribution in [3.8, 4) is 23.3 Å². The predicted octanol–water partition coefficient (Wildman–Crippen LogP) is 4.51. The molecule has 34 heavy (non-hydrogen) atoms. The van der Waals surface area contributed by atoms with E-state index in [0.29, 0.717) is 22.2 Å². The lowest BCUT2D eigenvalue weighted by atomic mass is 9.86. The van der Waals surface area contributed by atoms with Crippen LogP contribution < -0.4 is 11.1 Å². The van der Waals surface area contributed by atoms with E-state index < -0.39 is 5.41 Å². The van der Waals surface area contributed by atoms with E-state index in [0.717, 1.165) is 16.7 Å². The number of nitrogens with zero attached hydrogens (tertiary/aromatic N) is 5. The lowest BCUT2D eigenvalue weighted by molar-refractivity contribution is 0.102. The molecule has 0 atom stereocenters. The molecule has 0 spiro atoms. The van der Waals surface area contributed by atoms with Crippen LogP contribution in [0.2, 0.25) is 0 Å². The van der Waals surface area contributed by atoms with E-state index in [4.69, 9.17) is 5.73 Å². The van der Waals surface area contributed by atoms with Crippen LogP contribution in [-0.4, -0.2) is 20.9 Å². The summed E-state index contributed by atoms with van der Waals surface area (Å²) in [5.74, 6) is -0.229. The van der Waals surface area contributed by atoms with Crippen molar-refractivity contribution in [1.82, 2.24) is 15.0 Å². The summed E-state index contributed by atoms with van der Waals surface area (Å²) in [5.41, 5.74) is 9.99. The first-order valence-corrected chi connectivity index (χ1v) is 10.5. The average Bonchev–Trinajstić information content (AvgIpc) is 2.85. The van der Waals surface area contributed by atoms with Gasteiger partial charge < -0.3 is 11.1 Å². The number of benzene rings is 1. The first kappa shape index (κ1) is 22.4.